The molecule has 0 spiro atoms. The van der Waals surface area contributed by atoms with Crippen molar-refractivity contribution in [2.45, 2.75) is 26.2 Å². The molecule has 5 nitrogen and oxygen atoms in total. The van der Waals surface area contributed by atoms with E-state index in [1.54, 1.807) is 18.3 Å². The van der Waals surface area contributed by atoms with E-state index in [1.165, 1.54) is 0 Å². The molecule has 0 bridgehead atoms. The Morgan fingerprint density at radius 3 is 2.84 bits per heavy atom. The molecule has 5 heteroatoms. The van der Waals surface area contributed by atoms with E-state index in [0.29, 0.717) is 18.7 Å². The highest BCUT2D eigenvalue weighted by Crippen LogP contribution is 2.28. The molecule has 104 valence electrons. The Hall–Kier alpha value is -1.62. The number of amides is 1. The Morgan fingerprint density at radius 1 is 1.47 bits per heavy atom. The average Bonchev–Trinajstić information content (AvgIpc) is 2.40. The summed E-state index contributed by atoms with van der Waals surface area (Å²) in [7, 11) is 0. The smallest absolute Gasteiger partial charge is 0.226 e. The number of rotatable bonds is 4. The predicted molar refractivity (Wildman–Crippen MR) is 73.5 cm³/mol. The SMILES string of the molecule is CC1(CNC(=O)Cc2ccc(N)cn2)CCOCC1. The highest BCUT2D eigenvalue weighted by Gasteiger charge is 2.27. The number of ether oxygens (including phenoxy) is 1. The van der Waals surface area contributed by atoms with Gasteiger partial charge in [0.15, 0.2) is 0 Å². The van der Waals surface area contributed by atoms with Gasteiger partial charge in [0, 0.05) is 25.5 Å². The number of anilines is 1. The number of hydrogen-bond donors (Lipinski definition) is 2. The molecule has 3 N–H and O–H groups in total. The molecule has 0 aromatic carbocycles. The molecular formula is C14H21N3O2. The molecule has 1 aromatic rings. The quantitative estimate of drug-likeness (QED) is 0.854. The van der Waals surface area contributed by atoms with Crippen LogP contribution in [-0.4, -0.2) is 30.6 Å². The van der Waals surface area contributed by atoms with Gasteiger partial charge in [-0.1, -0.05) is 6.92 Å². The van der Waals surface area contributed by atoms with Gasteiger partial charge in [-0.15, -0.1) is 0 Å². The predicted octanol–water partition coefficient (Wildman–Crippen LogP) is 1.14. The minimum absolute atomic E-state index is 0.00462. The van der Waals surface area contributed by atoms with E-state index in [9.17, 15) is 4.79 Å². The Balaban J connectivity index is 1.79. The summed E-state index contributed by atoms with van der Waals surface area (Å²) in [6.45, 7) is 4.46. The van der Waals surface area contributed by atoms with Crippen LogP contribution in [0.3, 0.4) is 0 Å². The summed E-state index contributed by atoms with van der Waals surface area (Å²) < 4.78 is 5.34. The number of carbonyl (C=O) groups is 1. The van der Waals surface area contributed by atoms with Crippen LogP contribution < -0.4 is 11.1 Å². The minimum atomic E-state index is 0.00462. The number of nitrogen functional groups attached to an aromatic ring is 1. The second kappa shape index (κ2) is 6.02. The van der Waals surface area contributed by atoms with E-state index in [-0.39, 0.29) is 11.3 Å². The fraction of sp³-hybridized carbons (Fsp3) is 0.571. The summed E-state index contributed by atoms with van der Waals surface area (Å²) in [5.41, 5.74) is 7.06. The van der Waals surface area contributed by atoms with Gasteiger partial charge < -0.3 is 15.8 Å². The third-order valence-electron chi connectivity index (χ3n) is 3.60. The van der Waals surface area contributed by atoms with Crippen LogP contribution in [0.4, 0.5) is 5.69 Å². The molecular weight excluding hydrogens is 242 g/mol. The molecule has 0 atom stereocenters. The Morgan fingerprint density at radius 2 is 2.21 bits per heavy atom. The molecule has 19 heavy (non-hydrogen) atoms. The molecule has 2 heterocycles. The van der Waals surface area contributed by atoms with Crippen LogP contribution in [-0.2, 0) is 16.0 Å². The van der Waals surface area contributed by atoms with Crippen LogP contribution in [0, 0.1) is 5.41 Å². The second-order valence-electron chi connectivity index (χ2n) is 5.46. The lowest BCUT2D eigenvalue weighted by Gasteiger charge is -2.33. The van der Waals surface area contributed by atoms with Crippen molar-refractivity contribution in [3.8, 4) is 0 Å². The first-order valence-electron chi connectivity index (χ1n) is 6.62. The molecule has 1 amide bonds. The van der Waals surface area contributed by atoms with Crippen molar-refractivity contribution in [3.05, 3.63) is 24.0 Å². The first-order chi connectivity index (χ1) is 9.07. The van der Waals surface area contributed by atoms with Gasteiger partial charge in [-0.2, -0.15) is 0 Å². The first-order valence-corrected chi connectivity index (χ1v) is 6.62. The first kappa shape index (κ1) is 13.8. The van der Waals surface area contributed by atoms with Gasteiger partial charge in [0.05, 0.1) is 18.3 Å². The van der Waals surface area contributed by atoms with Crippen molar-refractivity contribution in [3.63, 3.8) is 0 Å². The number of pyridine rings is 1. The summed E-state index contributed by atoms with van der Waals surface area (Å²) >= 11 is 0. The normalized spacial score (nSPS) is 17.9. The van der Waals surface area contributed by atoms with Crippen LogP contribution in [0.2, 0.25) is 0 Å². The molecule has 1 aliphatic heterocycles. The Labute approximate surface area is 113 Å². The van der Waals surface area contributed by atoms with Crippen molar-refractivity contribution in [1.29, 1.82) is 0 Å². The van der Waals surface area contributed by atoms with Gasteiger partial charge in [0.25, 0.3) is 0 Å². The highest BCUT2D eigenvalue weighted by atomic mass is 16.5. The number of hydrogen-bond acceptors (Lipinski definition) is 4. The molecule has 1 aliphatic rings. The maximum atomic E-state index is 11.9. The van der Waals surface area contributed by atoms with E-state index in [1.807, 2.05) is 0 Å². The fourth-order valence-electron chi connectivity index (χ4n) is 2.12. The van der Waals surface area contributed by atoms with E-state index >= 15 is 0 Å². The van der Waals surface area contributed by atoms with Crippen molar-refractivity contribution < 1.29 is 9.53 Å². The van der Waals surface area contributed by atoms with Crippen LogP contribution in [0.25, 0.3) is 0 Å². The van der Waals surface area contributed by atoms with Crippen LogP contribution in [0.15, 0.2) is 18.3 Å². The van der Waals surface area contributed by atoms with Gasteiger partial charge in [0.1, 0.15) is 0 Å². The Bertz CT molecular complexity index is 425. The third kappa shape index (κ3) is 4.21. The summed E-state index contributed by atoms with van der Waals surface area (Å²) in [4.78, 5) is 16.0. The molecule has 1 saturated heterocycles. The standard InChI is InChI=1S/C14H21N3O2/c1-14(4-6-19-7-5-14)10-17-13(18)8-12-3-2-11(15)9-16-12/h2-3,9H,4-8,10,15H2,1H3,(H,17,18). The summed E-state index contributed by atoms with van der Waals surface area (Å²) in [6.07, 6.45) is 3.86. The minimum Gasteiger partial charge on any atom is -0.397 e. The molecule has 0 aliphatic carbocycles. The second-order valence-corrected chi connectivity index (χ2v) is 5.46. The van der Waals surface area contributed by atoms with Crippen molar-refractivity contribution in [1.82, 2.24) is 10.3 Å². The van der Waals surface area contributed by atoms with E-state index in [2.05, 4.69) is 17.2 Å². The van der Waals surface area contributed by atoms with Crippen molar-refractivity contribution >= 4 is 11.6 Å². The molecule has 0 radical (unpaired) electrons. The van der Waals surface area contributed by atoms with E-state index in [0.717, 1.165) is 31.7 Å². The molecule has 2 rings (SSSR count). The molecule has 0 saturated carbocycles. The van der Waals surface area contributed by atoms with Gasteiger partial charge in [0.2, 0.25) is 5.91 Å². The maximum absolute atomic E-state index is 11.9. The van der Waals surface area contributed by atoms with Crippen LogP contribution in [0.5, 0.6) is 0 Å². The molecule has 0 unspecified atom stereocenters. The van der Waals surface area contributed by atoms with Gasteiger partial charge in [-0.25, -0.2) is 0 Å². The summed E-state index contributed by atoms with van der Waals surface area (Å²) in [6, 6.07) is 3.54. The lowest BCUT2D eigenvalue weighted by atomic mass is 9.82. The van der Waals surface area contributed by atoms with E-state index in [4.69, 9.17) is 10.5 Å². The number of carbonyl (C=O) groups excluding carboxylic acids is 1. The van der Waals surface area contributed by atoms with Crippen LogP contribution in [0.1, 0.15) is 25.5 Å². The Kier molecular flexibility index (Phi) is 4.37. The lowest BCUT2D eigenvalue weighted by molar-refractivity contribution is -0.121. The number of nitrogens with one attached hydrogen (secondary N) is 1. The highest BCUT2D eigenvalue weighted by molar-refractivity contribution is 5.78. The molecule has 1 fully saturated rings. The van der Waals surface area contributed by atoms with Crippen molar-refractivity contribution in [2.75, 3.05) is 25.5 Å². The topological polar surface area (TPSA) is 77.2 Å². The van der Waals surface area contributed by atoms with Gasteiger partial charge in [-0.05, 0) is 30.4 Å². The number of nitrogens with two attached hydrogens (primary N) is 1. The fourth-order valence-corrected chi connectivity index (χ4v) is 2.12. The van der Waals surface area contributed by atoms with Gasteiger partial charge >= 0.3 is 0 Å². The van der Waals surface area contributed by atoms with E-state index < -0.39 is 0 Å². The third-order valence-corrected chi connectivity index (χ3v) is 3.60. The summed E-state index contributed by atoms with van der Waals surface area (Å²) in [5.74, 6) is 0.00462. The number of aromatic nitrogens is 1. The largest absolute Gasteiger partial charge is 0.397 e. The van der Waals surface area contributed by atoms with Crippen LogP contribution >= 0.6 is 0 Å². The maximum Gasteiger partial charge on any atom is 0.226 e. The monoisotopic (exact) mass is 263 g/mol. The summed E-state index contributed by atoms with van der Waals surface area (Å²) in [5, 5.41) is 2.99. The lowest BCUT2D eigenvalue weighted by Crippen LogP contribution is -2.39. The van der Waals surface area contributed by atoms with Gasteiger partial charge in [-0.3, -0.25) is 9.78 Å². The average molecular weight is 263 g/mol. The zero-order chi connectivity index (χ0) is 13.7. The molecule has 1 aromatic heterocycles. The zero-order valence-corrected chi connectivity index (χ0v) is 11.3. The zero-order valence-electron chi connectivity index (χ0n) is 11.3. The van der Waals surface area contributed by atoms with Crippen molar-refractivity contribution in [2.24, 2.45) is 5.41 Å². The number of nitrogens with zero attached hydrogens (tertiary/aromatic N) is 1.